The minimum Gasteiger partial charge on any atom is -0.351 e. The highest BCUT2D eigenvalue weighted by Crippen LogP contribution is 2.33. The van der Waals surface area contributed by atoms with Crippen molar-refractivity contribution in [2.45, 2.75) is 32.7 Å². The molecule has 0 amide bonds. The van der Waals surface area contributed by atoms with Gasteiger partial charge in [-0.3, -0.25) is 10.1 Å². The Kier molecular flexibility index (Phi) is 3.75. The van der Waals surface area contributed by atoms with Gasteiger partial charge in [0, 0.05) is 26.2 Å². The summed E-state index contributed by atoms with van der Waals surface area (Å²) in [5.41, 5.74) is 6.55. The molecule has 1 aromatic rings. The maximum absolute atomic E-state index is 11.2. The fourth-order valence-electron chi connectivity index (χ4n) is 2.83. The van der Waals surface area contributed by atoms with Gasteiger partial charge in [-0.1, -0.05) is 0 Å². The maximum atomic E-state index is 11.2. The van der Waals surface area contributed by atoms with Crippen LogP contribution in [-0.2, 0) is 7.05 Å². The van der Waals surface area contributed by atoms with Crippen molar-refractivity contribution in [1.29, 1.82) is 0 Å². The number of aryl methyl sites for hydroxylation is 2. The van der Waals surface area contributed by atoms with E-state index < -0.39 is 0 Å². The van der Waals surface area contributed by atoms with Crippen molar-refractivity contribution in [2.75, 3.05) is 18.0 Å². The van der Waals surface area contributed by atoms with E-state index in [-0.39, 0.29) is 16.7 Å². The van der Waals surface area contributed by atoms with Gasteiger partial charge in [0.2, 0.25) is 5.82 Å². The van der Waals surface area contributed by atoms with E-state index in [1.54, 1.807) is 18.7 Å². The molecule has 2 unspecified atom stereocenters. The van der Waals surface area contributed by atoms with E-state index in [9.17, 15) is 10.1 Å². The summed E-state index contributed by atoms with van der Waals surface area (Å²) in [6.45, 7) is 5.26. The molecule has 1 saturated heterocycles. The third-order valence-electron chi connectivity index (χ3n) is 3.84. The quantitative estimate of drug-likeness (QED) is 0.656. The average molecular weight is 267 g/mol. The van der Waals surface area contributed by atoms with Crippen LogP contribution in [0.25, 0.3) is 0 Å². The molecule has 0 aromatic carbocycles. The molecule has 106 valence electrons. The van der Waals surface area contributed by atoms with E-state index >= 15 is 0 Å². The summed E-state index contributed by atoms with van der Waals surface area (Å²) < 4.78 is 1.61. The number of rotatable bonds is 3. The zero-order valence-electron chi connectivity index (χ0n) is 11.7. The van der Waals surface area contributed by atoms with Crippen molar-refractivity contribution in [3.63, 3.8) is 0 Å². The summed E-state index contributed by atoms with van der Waals surface area (Å²) >= 11 is 0. The fraction of sp³-hybridized carbons (Fsp3) is 0.750. The Morgan fingerprint density at radius 1 is 1.58 bits per heavy atom. The third kappa shape index (κ3) is 2.56. The van der Waals surface area contributed by atoms with Gasteiger partial charge in [0.1, 0.15) is 5.69 Å². The number of nitrogens with two attached hydrogens (primary N) is 1. The molecule has 0 radical (unpaired) electrons. The van der Waals surface area contributed by atoms with E-state index in [0.29, 0.717) is 17.4 Å². The molecule has 1 fully saturated rings. The topological polar surface area (TPSA) is 90.2 Å². The number of piperidine rings is 1. The van der Waals surface area contributed by atoms with Gasteiger partial charge in [0.05, 0.1) is 4.92 Å². The van der Waals surface area contributed by atoms with Gasteiger partial charge in [-0.25, -0.2) is 4.68 Å². The maximum Gasteiger partial charge on any atom is 0.333 e. The minimum absolute atomic E-state index is 0.108. The van der Waals surface area contributed by atoms with Crippen molar-refractivity contribution < 1.29 is 4.92 Å². The predicted molar refractivity (Wildman–Crippen MR) is 73.2 cm³/mol. The van der Waals surface area contributed by atoms with Crippen LogP contribution in [0, 0.1) is 23.0 Å². The highest BCUT2D eigenvalue weighted by molar-refractivity contribution is 5.61. The van der Waals surface area contributed by atoms with Crippen molar-refractivity contribution >= 4 is 11.5 Å². The first-order valence-corrected chi connectivity index (χ1v) is 6.60. The molecule has 2 heterocycles. The lowest BCUT2D eigenvalue weighted by molar-refractivity contribution is -0.384. The van der Waals surface area contributed by atoms with Crippen LogP contribution in [0.1, 0.15) is 25.5 Å². The molecule has 0 aliphatic carbocycles. The fourth-order valence-corrected chi connectivity index (χ4v) is 2.83. The highest BCUT2D eigenvalue weighted by Gasteiger charge is 2.32. The molecule has 19 heavy (non-hydrogen) atoms. The van der Waals surface area contributed by atoms with Crippen molar-refractivity contribution in [3.8, 4) is 0 Å². The van der Waals surface area contributed by atoms with Crippen molar-refractivity contribution in [3.05, 3.63) is 15.8 Å². The van der Waals surface area contributed by atoms with Gasteiger partial charge in [0.25, 0.3) is 0 Å². The Balaban J connectivity index is 2.33. The van der Waals surface area contributed by atoms with Crippen LogP contribution >= 0.6 is 0 Å². The Morgan fingerprint density at radius 2 is 2.26 bits per heavy atom. The summed E-state index contributed by atoms with van der Waals surface area (Å²) in [5.74, 6) is 0.983. The molecule has 2 rings (SSSR count). The van der Waals surface area contributed by atoms with Crippen LogP contribution in [-0.4, -0.2) is 33.8 Å². The smallest absolute Gasteiger partial charge is 0.333 e. The van der Waals surface area contributed by atoms with Gasteiger partial charge in [-0.05, 0) is 32.6 Å². The number of hydrogen-bond acceptors (Lipinski definition) is 5. The summed E-state index contributed by atoms with van der Waals surface area (Å²) in [7, 11) is 1.75. The normalized spacial score (nSPS) is 21.5. The van der Waals surface area contributed by atoms with Crippen molar-refractivity contribution in [1.82, 2.24) is 9.78 Å². The molecule has 2 atom stereocenters. The number of hydrogen-bond donors (Lipinski definition) is 1. The van der Waals surface area contributed by atoms with Crippen LogP contribution in [0.5, 0.6) is 0 Å². The molecule has 1 aromatic heterocycles. The predicted octanol–water partition coefficient (Wildman–Crippen LogP) is 1.20. The lowest BCUT2D eigenvalue weighted by atomic mass is 9.92. The summed E-state index contributed by atoms with van der Waals surface area (Å²) in [6.07, 6.45) is 2.09. The third-order valence-corrected chi connectivity index (χ3v) is 3.84. The SMILES string of the molecule is Cc1nn(C)c(N2CCCC(C(C)N)C2)c1[N+](=O)[O-]. The Morgan fingerprint density at radius 3 is 2.84 bits per heavy atom. The first-order chi connectivity index (χ1) is 8.91. The minimum atomic E-state index is -0.340. The lowest BCUT2D eigenvalue weighted by Gasteiger charge is -2.35. The lowest BCUT2D eigenvalue weighted by Crippen LogP contribution is -2.43. The largest absolute Gasteiger partial charge is 0.351 e. The standard InChI is InChI=1S/C12H21N5O2/c1-8(13)10-5-4-6-16(7-10)12-11(17(18)19)9(2)14-15(12)3/h8,10H,4-7,13H2,1-3H3. The number of nitrogens with zero attached hydrogens (tertiary/aromatic N) is 4. The van der Waals surface area contributed by atoms with E-state index in [1.165, 1.54) is 0 Å². The first kappa shape index (κ1) is 13.8. The van der Waals surface area contributed by atoms with Gasteiger partial charge in [-0.15, -0.1) is 0 Å². The highest BCUT2D eigenvalue weighted by atomic mass is 16.6. The number of nitro groups is 1. The molecule has 0 spiro atoms. The molecule has 2 N–H and O–H groups in total. The molecular formula is C12H21N5O2. The molecule has 0 bridgehead atoms. The molecule has 7 heteroatoms. The zero-order valence-corrected chi connectivity index (χ0v) is 11.7. The molecule has 1 aliphatic rings. The van der Waals surface area contributed by atoms with Gasteiger partial charge in [0.15, 0.2) is 0 Å². The van der Waals surface area contributed by atoms with Crippen LogP contribution < -0.4 is 10.6 Å². The monoisotopic (exact) mass is 267 g/mol. The van der Waals surface area contributed by atoms with E-state index in [1.807, 2.05) is 6.92 Å². The summed E-state index contributed by atoms with van der Waals surface area (Å²) in [6, 6.07) is 0.108. The Bertz CT molecular complexity index is 483. The Hall–Kier alpha value is -1.63. The summed E-state index contributed by atoms with van der Waals surface area (Å²) in [4.78, 5) is 12.9. The van der Waals surface area contributed by atoms with Gasteiger partial charge < -0.3 is 10.6 Å². The second-order valence-corrected chi connectivity index (χ2v) is 5.35. The van der Waals surface area contributed by atoms with Crippen molar-refractivity contribution in [2.24, 2.45) is 18.7 Å². The zero-order chi connectivity index (χ0) is 14.2. The van der Waals surface area contributed by atoms with E-state index in [2.05, 4.69) is 10.00 Å². The van der Waals surface area contributed by atoms with E-state index in [4.69, 9.17) is 5.73 Å². The number of anilines is 1. The van der Waals surface area contributed by atoms with Crippen LogP contribution in [0.2, 0.25) is 0 Å². The first-order valence-electron chi connectivity index (χ1n) is 6.60. The molecule has 0 saturated carbocycles. The van der Waals surface area contributed by atoms with Gasteiger partial charge in [-0.2, -0.15) is 5.10 Å². The second kappa shape index (κ2) is 5.16. The van der Waals surface area contributed by atoms with Crippen LogP contribution in [0.15, 0.2) is 0 Å². The number of aromatic nitrogens is 2. The summed E-state index contributed by atoms with van der Waals surface area (Å²) in [5, 5.41) is 15.4. The molecule has 1 aliphatic heterocycles. The average Bonchev–Trinajstić information content (AvgIpc) is 2.64. The Labute approximate surface area is 112 Å². The molecule has 7 nitrogen and oxygen atoms in total. The molecular weight excluding hydrogens is 246 g/mol. The second-order valence-electron chi connectivity index (χ2n) is 5.35. The van der Waals surface area contributed by atoms with Gasteiger partial charge >= 0.3 is 5.69 Å². The van der Waals surface area contributed by atoms with Crippen LogP contribution in [0.4, 0.5) is 11.5 Å². The van der Waals surface area contributed by atoms with Crippen LogP contribution in [0.3, 0.4) is 0 Å². The van der Waals surface area contributed by atoms with E-state index in [0.717, 1.165) is 25.9 Å².